The third-order valence-electron chi connectivity index (χ3n) is 1.42. The highest BCUT2D eigenvalue weighted by Crippen LogP contribution is 2.11. The number of carbonyl (C=O) groups is 1. The van der Waals surface area contributed by atoms with Crippen molar-refractivity contribution in [1.82, 2.24) is 0 Å². The minimum absolute atomic E-state index is 0.309. The molecule has 0 aliphatic rings. The van der Waals surface area contributed by atoms with Crippen LogP contribution in [0.4, 0.5) is 0 Å². The second kappa shape index (κ2) is 3.55. The van der Waals surface area contributed by atoms with Crippen molar-refractivity contribution in [2.45, 2.75) is 6.04 Å². The van der Waals surface area contributed by atoms with Gasteiger partial charge in [0.15, 0.2) is 0 Å². The Balaban J connectivity index is 2.85. The average Bonchev–Trinajstić information content (AvgIpc) is 2.05. The van der Waals surface area contributed by atoms with Crippen LogP contribution >= 0.6 is 12.6 Å². The zero-order valence-electron chi connectivity index (χ0n) is 5.90. The van der Waals surface area contributed by atoms with Crippen LogP contribution in [0.5, 0.6) is 0 Å². The smallest absolute Gasteiger partial charge is 0.207 e. The first-order valence-electron chi connectivity index (χ1n) is 3.25. The van der Waals surface area contributed by atoms with Crippen LogP contribution in [0, 0.1) is 0 Å². The van der Waals surface area contributed by atoms with Gasteiger partial charge in [0.25, 0.3) is 0 Å². The first-order chi connectivity index (χ1) is 5.22. The quantitative estimate of drug-likeness (QED) is 0.649. The Morgan fingerprint density at radius 3 is 2.36 bits per heavy atom. The van der Waals surface area contributed by atoms with E-state index in [1.54, 1.807) is 12.1 Å². The molecule has 11 heavy (non-hydrogen) atoms. The number of carbonyl (C=O) groups excluding carboxylic acids is 1. The van der Waals surface area contributed by atoms with Gasteiger partial charge in [-0.15, -0.1) is 12.6 Å². The van der Waals surface area contributed by atoms with Gasteiger partial charge in [-0.1, -0.05) is 30.3 Å². The SMILES string of the molecule is NC(C(=O)S)c1ccccc1. The molecule has 2 nitrogen and oxygen atoms in total. The number of hydrogen-bond donors (Lipinski definition) is 2. The van der Waals surface area contributed by atoms with Gasteiger partial charge in [0.1, 0.15) is 0 Å². The Morgan fingerprint density at radius 2 is 1.91 bits per heavy atom. The van der Waals surface area contributed by atoms with E-state index in [4.69, 9.17) is 5.73 Å². The Hall–Kier alpha value is -0.800. The number of nitrogens with two attached hydrogens (primary N) is 1. The fourth-order valence-corrected chi connectivity index (χ4v) is 0.952. The van der Waals surface area contributed by atoms with Crippen LogP contribution in [0.15, 0.2) is 30.3 Å². The second-order valence-electron chi connectivity index (χ2n) is 2.23. The van der Waals surface area contributed by atoms with E-state index < -0.39 is 6.04 Å². The topological polar surface area (TPSA) is 43.1 Å². The van der Waals surface area contributed by atoms with Crippen LogP contribution in [0.2, 0.25) is 0 Å². The Morgan fingerprint density at radius 1 is 1.36 bits per heavy atom. The van der Waals surface area contributed by atoms with Gasteiger partial charge in [-0.2, -0.15) is 0 Å². The highest BCUT2D eigenvalue weighted by atomic mass is 32.1. The van der Waals surface area contributed by atoms with Gasteiger partial charge >= 0.3 is 0 Å². The van der Waals surface area contributed by atoms with Crippen molar-refractivity contribution >= 4 is 17.7 Å². The molecule has 1 unspecified atom stereocenters. The molecule has 0 radical (unpaired) electrons. The number of hydrogen-bond acceptors (Lipinski definition) is 2. The zero-order chi connectivity index (χ0) is 8.27. The van der Waals surface area contributed by atoms with E-state index in [2.05, 4.69) is 12.6 Å². The molecule has 0 aliphatic carbocycles. The summed E-state index contributed by atoms with van der Waals surface area (Å²) in [6.07, 6.45) is 0. The fourth-order valence-electron chi connectivity index (χ4n) is 0.803. The normalized spacial score (nSPS) is 12.5. The maximum Gasteiger partial charge on any atom is 0.207 e. The average molecular weight is 167 g/mol. The third kappa shape index (κ3) is 2.06. The summed E-state index contributed by atoms with van der Waals surface area (Å²) in [5.41, 5.74) is 6.31. The van der Waals surface area contributed by atoms with Gasteiger partial charge in [0, 0.05) is 0 Å². The maximum atomic E-state index is 10.7. The molecule has 1 atom stereocenters. The molecule has 3 heteroatoms. The molecule has 0 saturated heterocycles. The summed E-state index contributed by atoms with van der Waals surface area (Å²) in [5, 5.41) is -0.309. The van der Waals surface area contributed by atoms with Crippen molar-refractivity contribution in [2.24, 2.45) is 5.73 Å². The summed E-state index contributed by atoms with van der Waals surface area (Å²) < 4.78 is 0. The van der Waals surface area contributed by atoms with E-state index in [0.29, 0.717) is 0 Å². The molecule has 0 fully saturated rings. The summed E-state index contributed by atoms with van der Waals surface area (Å²) in [4.78, 5) is 10.7. The summed E-state index contributed by atoms with van der Waals surface area (Å²) in [6, 6.07) is 8.56. The van der Waals surface area contributed by atoms with E-state index in [-0.39, 0.29) is 5.12 Å². The molecule has 1 rings (SSSR count). The predicted octanol–water partition coefficient (Wildman–Crippen LogP) is 1.14. The molecular formula is C8H9NOS. The van der Waals surface area contributed by atoms with Crippen LogP contribution in [0.3, 0.4) is 0 Å². The number of thiol groups is 1. The Labute approximate surface area is 70.8 Å². The number of benzene rings is 1. The summed E-state index contributed by atoms with van der Waals surface area (Å²) >= 11 is 3.64. The molecule has 0 aromatic heterocycles. The molecule has 1 aromatic carbocycles. The van der Waals surface area contributed by atoms with E-state index in [9.17, 15) is 4.79 Å². The molecule has 0 aliphatic heterocycles. The monoisotopic (exact) mass is 167 g/mol. The van der Waals surface area contributed by atoms with Gasteiger partial charge in [-0.25, -0.2) is 0 Å². The third-order valence-corrected chi connectivity index (χ3v) is 1.70. The molecule has 0 saturated carbocycles. The molecule has 1 aromatic rings. The van der Waals surface area contributed by atoms with Crippen LogP contribution in [-0.2, 0) is 4.79 Å². The van der Waals surface area contributed by atoms with Crippen molar-refractivity contribution in [3.63, 3.8) is 0 Å². The first-order valence-corrected chi connectivity index (χ1v) is 3.70. The Bertz CT molecular complexity index is 248. The Kier molecular flexibility index (Phi) is 2.68. The van der Waals surface area contributed by atoms with Gasteiger partial charge in [0.2, 0.25) is 5.12 Å². The molecule has 58 valence electrons. The van der Waals surface area contributed by atoms with Gasteiger partial charge in [-0.05, 0) is 5.56 Å². The highest BCUT2D eigenvalue weighted by molar-refractivity contribution is 7.96. The van der Waals surface area contributed by atoms with Gasteiger partial charge in [0.05, 0.1) is 6.04 Å². The second-order valence-corrected chi connectivity index (χ2v) is 2.67. The van der Waals surface area contributed by atoms with Crippen LogP contribution in [-0.4, -0.2) is 5.12 Å². The van der Waals surface area contributed by atoms with E-state index >= 15 is 0 Å². The lowest BCUT2D eigenvalue weighted by molar-refractivity contribution is -0.112. The van der Waals surface area contributed by atoms with E-state index in [0.717, 1.165) is 5.56 Å². The summed E-state index contributed by atoms with van der Waals surface area (Å²) in [7, 11) is 0. The summed E-state index contributed by atoms with van der Waals surface area (Å²) in [6.45, 7) is 0. The standard InChI is InChI=1S/C8H9NOS/c9-7(8(10)11)6-4-2-1-3-5-6/h1-5,7H,9H2,(H,10,11). The minimum Gasteiger partial charge on any atom is -0.317 e. The van der Waals surface area contributed by atoms with Crippen molar-refractivity contribution in [3.05, 3.63) is 35.9 Å². The minimum atomic E-state index is -0.598. The molecule has 0 amide bonds. The molecule has 2 N–H and O–H groups in total. The lowest BCUT2D eigenvalue weighted by atomic mass is 10.1. The molecule has 0 bridgehead atoms. The van der Waals surface area contributed by atoms with Crippen molar-refractivity contribution in [2.75, 3.05) is 0 Å². The summed E-state index contributed by atoms with van der Waals surface area (Å²) in [5.74, 6) is 0. The predicted molar refractivity (Wildman–Crippen MR) is 47.4 cm³/mol. The van der Waals surface area contributed by atoms with Crippen molar-refractivity contribution in [3.8, 4) is 0 Å². The van der Waals surface area contributed by atoms with Crippen molar-refractivity contribution < 1.29 is 4.79 Å². The van der Waals surface area contributed by atoms with Gasteiger partial charge < -0.3 is 5.73 Å². The van der Waals surface area contributed by atoms with Crippen LogP contribution < -0.4 is 5.73 Å². The fraction of sp³-hybridized carbons (Fsp3) is 0.125. The molecule has 0 heterocycles. The number of rotatable bonds is 2. The molecular weight excluding hydrogens is 158 g/mol. The first kappa shape index (κ1) is 8.30. The largest absolute Gasteiger partial charge is 0.317 e. The van der Waals surface area contributed by atoms with Crippen LogP contribution in [0.1, 0.15) is 11.6 Å². The lowest BCUT2D eigenvalue weighted by Crippen LogP contribution is -2.16. The molecule has 0 spiro atoms. The lowest BCUT2D eigenvalue weighted by Gasteiger charge is -2.05. The zero-order valence-corrected chi connectivity index (χ0v) is 6.79. The van der Waals surface area contributed by atoms with E-state index in [1.807, 2.05) is 18.2 Å². The van der Waals surface area contributed by atoms with Crippen molar-refractivity contribution in [1.29, 1.82) is 0 Å². The van der Waals surface area contributed by atoms with E-state index in [1.165, 1.54) is 0 Å². The highest BCUT2D eigenvalue weighted by Gasteiger charge is 2.09. The van der Waals surface area contributed by atoms with Gasteiger partial charge in [-0.3, -0.25) is 4.79 Å². The van der Waals surface area contributed by atoms with Crippen LogP contribution in [0.25, 0.3) is 0 Å². The maximum absolute atomic E-state index is 10.7.